The van der Waals surface area contributed by atoms with Gasteiger partial charge in [-0.2, -0.15) is 0 Å². The van der Waals surface area contributed by atoms with Gasteiger partial charge in [-0.1, -0.05) is 56.3 Å². The van der Waals surface area contributed by atoms with Crippen LogP contribution < -0.4 is 16.4 Å². The molecule has 0 aromatic heterocycles. The molecule has 4 N–H and O–H groups in total. The molecule has 2 aromatic rings. The number of nitrogens with zero attached hydrogens (tertiary/aromatic N) is 2. The van der Waals surface area contributed by atoms with Gasteiger partial charge in [-0.25, -0.2) is 0 Å². The molecule has 6 nitrogen and oxygen atoms in total. The molecule has 0 saturated heterocycles. The Morgan fingerprint density at radius 1 is 1.07 bits per heavy atom. The summed E-state index contributed by atoms with van der Waals surface area (Å²) >= 11 is 0. The first-order valence-corrected chi connectivity index (χ1v) is 9.71. The standard InChI is InChI=1S/C22H31N5O/c1-4-27(5-2)20(18-11-7-6-8-12-18)16-26-22(24-3)25-15-17-10-9-13-19(14-17)21(23)28/h6-14,20H,4-5,15-16H2,1-3H3,(H2,23,28)(H2,24,25,26). The quantitative estimate of drug-likeness (QED) is 0.460. The zero-order chi connectivity index (χ0) is 20.4. The molecular weight excluding hydrogens is 350 g/mol. The molecule has 1 atom stereocenters. The third-order valence-corrected chi connectivity index (χ3v) is 4.80. The van der Waals surface area contributed by atoms with Gasteiger partial charge in [0, 0.05) is 25.7 Å². The lowest BCUT2D eigenvalue weighted by atomic mass is 10.1. The second-order valence-corrected chi connectivity index (χ2v) is 6.52. The molecule has 2 aromatic carbocycles. The largest absolute Gasteiger partial charge is 0.366 e. The maximum absolute atomic E-state index is 11.3. The minimum Gasteiger partial charge on any atom is -0.366 e. The number of carbonyl (C=O) groups excluding carboxylic acids is 1. The number of hydrogen-bond donors (Lipinski definition) is 3. The highest BCUT2D eigenvalue weighted by Crippen LogP contribution is 2.19. The first-order valence-electron chi connectivity index (χ1n) is 9.71. The van der Waals surface area contributed by atoms with E-state index in [2.05, 4.69) is 58.6 Å². The average molecular weight is 382 g/mol. The van der Waals surface area contributed by atoms with Gasteiger partial charge in [0.25, 0.3) is 0 Å². The summed E-state index contributed by atoms with van der Waals surface area (Å²) in [5.41, 5.74) is 8.12. The van der Waals surface area contributed by atoms with Crippen LogP contribution in [-0.4, -0.2) is 43.4 Å². The van der Waals surface area contributed by atoms with Gasteiger partial charge in [-0.3, -0.25) is 14.7 Å². The van der Waals surface area contributed by atoms with Crippen LogP contribution in [0.4, 0.5) is 0 Å². The molecule has 0 heterocycles. The van der Waals surface area contributed by atoms with E-state index in [1.54, 1.807) is 19.2 Å². The zero-order valence-electron chi connectivity index (χ0n) is 17.0. The Balaban J connectivity index is 2.00. The first kappa shape index (κ1) is 21.4. The number of likely N-dealkylation sites (N-methyl/N-ethyl adjacent to an activating group) is 1. The van der Waals surface area contributed by atoms with E-state index in [0.29, 0.717) is 12.1 Å². The van der Waals surface area contributed by atoms with Gasteiger partial charge in [0.05, 0.1) is 6.04 Å². The molecule has 0 fully saturated rings. The maximum Gasteiger partial charge on any atom is 0.248 e. The molecule has 2 rings (SSSR count). The molecule has 0 aliphatic carbocycles. The average Bonchev–Trinajstić information content (AvgIpc) is 2.74. The van der Waals surface area contributed by atoms with Gasteiger partial charge in [0.2, 0.25) is 5.91 Å². The topological polar surface area (TPSA) is 82.8 Å². The maximum atomic E-state index is 11.3. The number of guanidine groups is 1. The van der Waals surface area contributed by atoms with E-state index in [-0.39, 0.29) is 6.04 Å². The van der Waals surface area contributed by atoms with Crippen molar-refractivity contribution in [3.05, 3.63) is 71.3 Å². The number of rotatable bonds is 9. The van der Waals surface area contributed by atoms with Crippen molar-refractivity contribution < 1.29 is 4.79 Å². The van der Waals surface area contributed by atoms with Gasteiger partial charge in [-0.05, 0) is 36.3 Å². The lowest BCUT2D eigenvalue weighted by Gasteiger charge is -2.30. The summed E-state index contributed by atoms with van der Waals surface area (Å²) < 4.78 is 0. The highest BCUT2D eigenvalue weighted by molar-refractivity contribution is 5.92. The second kappa shape index (κ2) is 11.1. The molecule has 28 heavy (non-hydrogen) atoms. The Morgan fingerprint density at radius 2 is 1.79 bits per heavy atom. The summed E-state index contributed by atoms with van der Waals surface area (Å²) in [5.74, 6) is 0.298. The Kier molecular flexibility index (Phi) is 8.49. The van der Waals surface area contributed by atoms with Crippen molar-refractivity contribution in [2.24, 2.45) is 10.7 Å². The molecule has 1 amide bonds. The molecule has 0 saturated carbocycles. The van der Waals surface area contributed by atoms with E-state index in [9.17, 15) is 4.79 Å². The van der Waals surface area contributed by atoms with Crippen LogP contribution >= 0.6 is 0 Å². The number of amides is 1. The Labute approximate surface area is 167 Å². The Bertz CT molecular complexity index is 772. The number of hydrogen-bond acceptors (Lipinski definition) is 3. The van der Waals surface area contributed by atoms with Crippen molar-refractivity contribution in [2.45, 2.75) is 26.4 Å². The minimum atomic E-state index is -0.422. The van der Waals surface area contributed by atoms with Crippen LogP contribution in [0.5, 0.6) is 0 Å². The minimum absolute atomic E-state index is 0.257. The third kappa shape index (κ3) is 6.09. The van der Waals surface area contributed by atoms with Crippen LogP contribution in [0.3, 0.4) is 0 Å². The summed E-state index contributed by atoms with van der Waals surface area (Å²) in [5, 5.41) is 6.73. The fourth-order valence-electron chi connectivity index (χ4n) is 3.23. The fourth-order valence-corrected chi connectivity index (χ4v) is 3.23. The molecule has 0 bridgehead atoms. The molecule has 0 aliphatic heterocycles. The van der Waals surface area contributed by atoms with Crippen molar-refractivity contribution in [3.8, 4) is 0 Å². The van der Waals surface area contributed by atoms with Crippen LogP contribution in [0.15, 0.2) is 59.6 Å². The van der Waals surface area contributed by atoms with Gasteiger partial charge in [0.1, 0.15) is 0 Å². The lowest BCUT2D eigenvalue weighted by molar-refractivity contribution is 0.1000. The van der Waals surface area contributed by atoms with Crippen molar-refractivity contribution in [2.75, 3.05) is 26.7 Å². The van der Waals surface area contributed by atoms with Crippen LogP contribution in [0.1, 0.15) is 41.4 Å². The van der Waals surface area contributed by atoms with Crippen LogP contribution in [0.25, 0.3) is 0 Å². The van der Waals surface area contributed by atoms with Crippen molar-refractivity contribution in [1.82, 2.24) is 15.5 Å². The molecule has 6 heteroatoms. The van der Waals surface area contributed by atoms with E-state index < -0.39 is 5.91 Å². The van der Waals surface area contributed by atoms with Crippen LogP contribution in [0.2, 0.25) is 0 Å². The lowest BCUT2D eigenvalue weighted by Crippen LogP contribution is -2.43. The third-order valence-electron chi connectivity index (χ3n) is 4.80. The highest BCUT2D eigenvalue weighted by Gasteiger charge is 2.18. The summed E-state index contributed by atoms with van der Waals surface area (Å²) in [7, 11) is 1.75. The predicted molar refractivity (Wildman–Crippen MR) is 115 cm³/mol. The summed E-state index contributed by atoms with van der Waals surface area (Å²) in [4.78, 5) is 18.1. The van der Waals surface area contributed by atoms with Crippen molar-refractivity contribution in [3.63, 3.8) is 0 Å². The van der Waals surface area contributed by atoms with E-state index in [0.717, 1.165) is 31.2 Å². The van der Waals surface area contributed by atoms with Gasteiger partial charge in [0.15, 0.2) is 5.96 Å². The van der Waals surface area contributed by atoms with Gasteiger partial charge < -0.3 is 16.4 Å². The summed E-state index contributed by atoms with van der Waals surface area (Å²) in [6, 6.07) is 18.1. The van der Waals surface area contributed by atoms with Crippen LogP contribution in [-0.2, 0) is 6.54 Å². The molecule has 1 unspecified atom stereocenters. The fraction of sp³-hybridized carbons (Fsp3) is 0.364. The highest BCUT2D eigenvalue weighted by atomic mass is 16.1. The smallest absolute Gasteiger partial charge is 0.248 e. The number of carbonyl (C=O) groups is 1. The number of aliphatic imine (C=N–C) groups is 1. The molecular formula is C22H31N5O. The summed E-state index contributed by atoms with van der Waals surface area (Å²) in [6.07, 6.45) is 0. The van der Waals surface area contributed by atoms with Gasteiger partial charge >= 0.3 is 0 Å². The van der Waals surface area contributed by atoms with Crippen molar-refractivity contribution >= 4 is 11.9 Å². The van der Waals surface area contributed by atoms with E-state index in [1.807, 2.05) is 18.2 Å². The predicted octanol–water partition coefficient (Wildman–Crippen LogP) is 2.53. The molecule has 0 spiro atoms. The van der Waals surface area contributed by atoms with E-state index in [1.165, 1.54) is 5.56 Å². The Morgan fingerprint density at radius 3 is 2.39 bits per heavy atom. The Hall–Kier alpha value is -2.86. The van der Waals surface area contributed by atoms with Gasteiger partial charge in [-0.15, -0.1) is 0 Å². The van der Waals surface area contributed by atoms with Crippen molar-refractivity contribution in [1.29, 1.82) is 0 Å². The zero-order valence-corrected chi connectivity index (χ0v) is 17.0. The number of nitrogens with two attached hydrogens (primary N) is 1. The van der Waals surface area contributed by atoms with Crippen LogP contribution in [0, 0.1) is 0 Å². The normalized spacial score (nSPS) is 12.6. The number of benzene rings is 2. The molecule has 0 radical (unpaired) electrons. The molecule has 150 valence electrons. The monoisotopic (exact) mass is 381 g/mol. The number of primary amides is 1. The first-order chi connectivity index (χ1) is 13.6. The van der Waals surface area contributed by atoms with E-state index >= 15 is 0 Å². The SMILES string of the molecule is CCN(CC)C(CNC(=NC)NCc1cccc(C(N)=O)c1)c1ccccc1. The molecule has 0 aliphatic rings. The number of nitrogens with one attached hydrogen (secondary N) is 2. The summed E-state index contributed by atoms with van der Waals surface area (Å²) in [6.45, 7) is 7.61. The van der Waals surface area contributed by atoms with E-state index in [4.69, 9.17) is 5.73 Å². The second-order valence-electron chi connectivity index (χ2n) is 6.52.